The number of hydrogen-bond donors (Lipinski definition) is 0. The number of unbranched alkanes of at least 4 members (excludes halogenated alkanes) is 2. The van der Waals surface area contributed by atoms with Gasteiger partial charge in [-0.3, -0.25) is 0 Å². The van der Waals surface area contributed by atoms with Crippen molar-refractivity contribution in [1.82, 2.24) is 4.98 Å². The van der Waals surface area contributed by atoms with Gasteiger partial charge in [-0.25, -0.2) is 4.98 Å². The number of halogens is 3. The molecule has 0 aliphatic heterocycles. The molecule has 0 atom stereocenters. The first-order valence-electron chi connectivity index (χ1n) is 5.83. The van der Waals surface area contributed by atoms with E-state index >= 15 is 0 Å². The van der Waals surface area contributed by atoms with Gasteiger partial charge in [0.05, 0.1) is 4.90 Å². The third kappa shape index (κ3) is 3.27. The van der Waals surface area contributed by atoms with Crippen molar-refractivity contribution in [3.05, 3.63) is 24.1 Å². The Hall–Kier alpha value is -0.0900. The first-order chi connectivity index (χ1) is 8.52. The van der Waals surface area contributed by atoms with Crippen LogP contribution in [-0.2, 0) is 6.42 Å². The van der Waals surface area contributed by atoms with E-state index in [2.05, 4.69) is 11.9 Å². The Labute approximate surface area is 121 Å². The molecule has 2 nitrogen and oxygen atoms in total. The molecule has 0 N–H and O–H groups in total. The van der Waals surface area contributed by atoms with E-state index in [1.807, 2.05) is 12.1 Å². The summed E-state index contributed by atoms with van der Waals surface area (Å²) in [5, 5.41) is 0. The van der Waals surface area contributed by atoms with Crippen LogP contribution in [-0.4, -0.2) is 4.98 Å². The lowest BCUT2D eigenvalue weighted by Crippen LogP contribution is -1.85. The van der Waals surface area contributed by atoms with Crippen LogP contribution in [0.15, 0.2) is 27.5 Å². The highest BCUT2D eigenvalue weighted by molar-refractivity contribution is 8.79. The highest BCUT2D eigenvalue weighted by Gasteiger charge is 2.22. The number of aromatic nitrogens is 1. The Morgan fingerprint density at radius 3 is 2.67 bits per heavy atom. The summed E-state index contributed by atoms with van der Waals surface area (Å²) in [5.74, 6) is 0.722. The zero-order valence-electron chi connectivity index (χ0n) is 9.96. The minimum atomic E-state index is -2.35. The number of aryl methyl sites for hydroxylation is 1. The Bertz CT molecular complexity index is 536. The molecule has 0 amide bonds. The van der Waals surface area contributed by atoms with E-state index in [1.54, 1.807) is 6.07 Å². The lowest BCUT2D eigenvalue weighted by Gasteiger charge is -2.14. The van der Waals surface area contributed by atoms with Gasteiger partial charge in [-0.15, -0.1) is 0 Å². The molecule has 1 aromatic carbocycles. The Kier molecular flexibility index (Phi) is 4.70. The molecule has 1 aromatic heterocycles. The third-order valence-electron chi connectivity index (χ3n) is 2.67. The zero-order valence-corrected chi connectivity index (χ0v) is 13.0. The maximum atomic E-state index is 6.01. The number of rotatable bonds is 5. The maximum absolute atomic E-state index is 6.01. The predicted octanol–water partition coefficient (Wildman–Crippen LogP) is 6.19. The summed E-state index contributed by atoms with van der Waals surface area (Å²) in [4.78, 5) is 5.10. The summed E-state index contributed by atoms with van der Waals surface area (Å²) in [5.41, 5.74) is 1.37. The van der Waals surface area contributed by atoms with Crippen molar-refractivity contribution in [3.63, 3.8) is 0 Å². The summed E-state index contributed by atoms with van der Waals surface area (Å²) in [7, 11) is 15.7. The van der Waals surface area contributed by atoms with Gasteiger partial charge in [-0.05, 0) is 50.6 Å². The summed E-state index contributed by atoms with van der Waals surface area (Å²) < 4.78 is 5.68. The predicted molar refractivity (Wildman–Crippen MR) is 80.7 cm³/mol. The normalized spacial score (nSPS) is 13.1. The zero-order chi connectivity index (χ0) is 13.2. The van der Waals surface area contributed by atoms with E-state index in [9.17, 15) is 0 Å². The van der Waals surface area contributed by atoms with Gasteiger partial charge in [0.1, 0.15) is 5.52 Å². The van der Waals surface area contributed by atoms with Crippen LogP contribution in [0.3, 0.4) is 0 Å². The fourth-order valence-corrected chi connectivity index (χ4v) is 3.51. The van der Waals surface area contributed by atoms with E-state index in [1.165, 1.54) is 12.8 Å². The first kappa shape index (κ1) is 14.3. The molecule has 2 aromatic rings. The minimum Gasteiger partial charge on any atom is -0.441 e. The topological polar surface area (TPSA) is 26.0 Å². The fraction of sp³-hybridized carbons (Fsp3) is 0.417. The molecule has 0 unspecified atom stereocenters. The molecule has 2 rings (SSSR count). The number of para-hydroxylation sites is 1. The van der Waals surface area contributed by atoms with Crippen LogP contribution >= 0.6 is 39.7 Å². The van der Waals surface area contributed by atoms with Gasteiger partial charge in [-0.2, -0.15) is 0 Å². The molecular weight excluding hydrogens is 313 g/mol. The van der Waals surface area contributed by atoms with Gasteiger partial charge in [0.15, 0.2) is 11.5 Å². The first-order valence-corrected chi connectivity index (χ1v) is 9.94. The molecule has 0 saturated carbocycles. The smallest absolute Gasteiger partial charge is 0.195 e. The number of hydrogen-bond acceptors (Lipinski definition) is 2. The third-order valence-corrected chi connectivity index (χ3v) is 4.99. The van der Waals surface area contributed by atoms with Crippen molar-refractivity contribution in [2.24, 2.45) is 0 Å². The van der Waals surface area contributed by atoms with Crippen LogP contribution in [0.1, 0.15) is 32.1 Å². The highest BCUT2D eigenvalue weighted by atomic mass is 36.2. The number of benzene rings is 1. The fourth-order valence-electron chi connectivity index (χ4n) is 1.79. The van der Waals surface area contributed by atoms with Crippen LogP contribution < -0.4 is 0 Å². The van der Waals surface area contributed by atoms with Gasteiger partial charge < -0.3 is 4.42 Å². The average Bonchev–Trinajstić information content (AvgIpc) is 2.70. The van der Waals surface area contributed by atoms with Gasteiger partial charge in [0, 0.05) is 14.1 Å². The number of oxazole rings is 1. The van der Waals surface area contributed by atoms with Gasteiger partial charge >= 0.3 is 0 Å². The lowest BCUT2D eigenvalue weighted by molar-refractivity contribution is 0.512. The van der Waals surface area contributed by atoms with Gasteiger partial charge in [0.2, 0.25) is 0 Å². The summed E-state index contributed by atoms with van der Waals surface area (Å²) >= 11 is 0. The second kappa shape index (κ2) is 5.91. The molecule has 0 bridgehead atoms. The van der Waals surface area contributed by atoms with E-state index in [-0.39, 0.29) is 0 Å². The van der Waals surface area contributed by atoms with Crippen molar-refractivity contribution >= 4 is 50.8 Å². The molecule has 6 heteroatoms. The standard InChI is InChI=1S/C12H14Cl3NOS/c1-2-3-4-8-11-16-12-9(17-11)6-5-7-10(12)18(13,14)15/h5-7H,2-4,8H2,1H3. The summed E-state index contributed by atoms with van der Waals surface area (Å²) in [6.45, 7) is 2.16. The minimum absolute atomic E-state index is 0.649. The highest BCUT2D eigenvalue weighted by Crippen LogP contribution is 2.70. The van der Waals surface area contributed by atoms with Gasteiger partial charge in [0.25, 0.3) is 0 Å². The van der Waals surface area contributed by atoms with Crippen molar-refractivity contribution in [1.29, 1.82) is 0 Å². The van der Waals surface area contributed by atoms with Crippen molar-refractivity contribution in [2.45, 2.75) is 37.5 Å². The quantitative estimate of drug-likeness (QED) is 0.613. The molecule has 0 saturated heterocycles. The van der Waals surface area contributed by atoms with Crippen LogP contribution in [0.2, 0.25) is 0 Å². The van der Waals surface area contributed by atoms with Crippen molar-refractivity contribution in [3.8, 4) is 0 Å². The molecule has 1 heterocycles. The Morgan fingerprint density at radius 2 is 2.00 bits per heavy atom. The molecule has 0 aliphatic carbocycles. The second-order valence-electron chi connectivity index (χ2n) is 4.07. The van der Waals surface area contributed by atoms with Crippen LogP contribution in [0, 0.1) is 0 Å². The van der Waals surface area contributed by atoms with Crippen LogP contribution in [0.25, 0.3) is 11.1 Å². The van der Waals surface area contributed by atoms with Crippen molar-refractivity contribution < 1.29 is 4.42 Å². The number of nitrogens with zero attached hydrogens (tertiary/aromatic N) is 1. The van der Waals surface area contributed by atoms with E-state index in [0.717, 1.165) is 18.7 Å². The largest absolute Gasteiger partial charge is 0.441 e. The van der Waals surface area contributed by atoms with Crippen LogP contribution in [0.5, 0.6) is 0 Å². The molecule has 100 valence electrons. The monoisotopic (exact) mass is 325 g/mol. The van der Waals surface area contributed by atoms with E-state index < -0.39 is 7.67 Å². The van der Waals surface area contributed by atoms with Gasteiger partial charge in [-0.1, -0.05) is 25.8 Å². The SMILES string of the molecule is CCCCCc1nc2c(S(Cl)(Cl)Cl)cccc2o1. The molecule has 18 heavy (non-hydrogen) atoms. The summed E-state index contributed by atoms with van der Waals surface area (Å²) in [6.07, 6.45) is 4.24. The molecule has 0 spiro atoms. The van der Waals surface area contributed by atoms with Crippen LogP contribution in [0.4, 0.5) is 0 Å². The lowest BCUT2D eigenvalue weighted by atomic mass is 10.2. The molecular formula is C12H14Cl3NOS. The molecule has 0 fully saturated rings. The Balaban J connectivity index is 2.33. The molecule has 0 aliphatic rings. The summed E-state index contributed by atoms with van der Waals surface area (Å²) in [6, 6.07) is 5.47. The van der Waals surface area contributed by atoms with Crippen molar-refractivity contribution in [2.75, 3.05) is 0 Å². The Morgan fingerprint density at radius 1 is 1.22 bits per heavy atom. The molecule has 0 radical (unpaired) electrons. The second-order valence-corrected chi connectivity index (χ2v) is 10.9. The van der Waals surface area contributed by atoms with E-state index in [0.29, 0.717) is 16.0 Å². The maximum Gasteiger partial charge on any atom is 0.195 e. The average molecular weight is 327 g/mol. The number of fused-ring (bicyclic) bond motifs is 1. The van der Waals surface area contributed by atoms with E-state index in [4.69, 9.17) is 36.5 Å².